The fraction of sp³-hybridized carbons (Fsp3) is 0.308. The molecular weight excluding hydrogens is 206 g/mol. The van der Waals surface area contributed by atoms with Crippen LogP contribution >= 0.6 is 11.6 Å². The number of pyridine rings is 1. The topological polar surface area (TPSA) is 12.9 Å². The van der Waals surface area contributed by atoms with Crippen molar-refractivity contribution in [2.75, 3.05) is 0 Å². The molecule has 2 aromatic rings. The molecule has 0 N–H and O–H groups in total. The molecule has 0 saturated heterocycles. The van der Waals surface area contributed by atoms with E-state index in [4.69, 9.17) is 11.6 Å². The van der Waals surface area contributed by atoms with Gasteiger partial charge in [-0.3, -0.25) is 4.98 Å². The van der Waals surface area contributed by atoms with Crippen molar-refractivity contribution in [1.29, 1.82) is 0 Å². The number of hydrogen-bond acceptors (Lipinski definition) is 1. The van der Waals surface area contributed by atoms with Crippen molar-refractivity contribution in [3.63, 3.8) is 0 Å². The molecule has 0 aliphatic carbocycles. The van der Waals surface area contributed by atoms with Crippen LogP contribution in [0.5, 0.6) is 0 Å². The number of hydrogen-bond donors (Lipinski definition) is 0. The van der Waals surface area contributed by atoms with Crippen LogP contribution in [0.15, 0.2) is 36.5 Å². The minimum Gasteiger partial charge on any atom is -0.261 e. The number of rotatable bonds is 3. The molecular formula is C13H14ClN. The van der Waals surface area contributed by atoms with Crippen LogP contribution in [0.25, 0.3) is 10.8 Å². The maximum absolute atomic E-state index is 6.16. The van der Waals surface area contributed by atoms with Gasteiger partial charge in [0.1, 0.15) is 0 Å². The van der Waals surface area contributed by atoms with Gasteiger partial charge < -0.3 is 0 Å². The Kier molecular flexibility index (Phi) is 3.22. The number of nitrogens with zero attached hydrogens (tertiary/aromatic N) is 1. The van der Waals surface area contributed by atoms with E-state index in [9.17, 15) is 0 Å². The fourth-order valence-electron chi connectivity index (χ4n) is 1.70. The van der Waals surface area contributed by atoms with Crippen LogP contribution in [0.2, 0.25) is 0 Å². The van der Waals surface area contributed by atoms with Gasteiger partial charge >= 0.3 is 0 Å². The molecule has 0 amide bonds. The van der Waals surface area contributed by atoms with Crippen LogP contribution in [-0.2, 0) is 6.42 Å². The Labute approximate surface area is 95.1 Å². The van der Waals surface area contributed by atoms with Crippen LogP contribution in [0.4, 0.5) is 0 Å². The van der Waals surface area contributed by atoms with Crippen molar-refractivity contribution in [2.24, 2.45) is 0 Å². The molecule has 1 unspecified atom stereocenters. The predicted octanol–water partition coefficient (Wildman–Crippen LogP) is 3.79. The summed E-state index contributed by atoms with van der Waals surface area (Å²) in [6.07, 6.45) is 3.68. The molecule has 0 saturated carbocycles. The first-order valence-corrected chi connectivity index (χ1v) is 5.71. The Morgan fingerprint density at radius 3 is 2.87 bits per heavy atom. The molecule has 0 bridgehead atoms. The Morgan fingerprint density at radius 2 is 2.07 bits per heavy atom. The van der Waals surface area contributed by atoms with Crippen LogP contribution in [0.1, 0.15) is 19.0 Å². The SMILES string of the molecule is CCC(Cl)Cc1nccc2ccccc12. The summed E-state index contributed by atoms with van der Waals surface area (Å²) >= 11 is 6.16. The summed E-state index contributed by atoms with van der Waals surface area (Å²) in [5, 5.41) is 2.64. The van der Waals surface area contributed by atoms with E-state index in [1.807, 2.05) is 24.4 Å². The van der Waals surface area contributed by atoms with Gasteiger partial charge in [-0.15, -0.1) is 11.6 Å². The van der Waals surface area contributed by atoms with Gasteiger partial charge in [-0.05, 0) is 17.9 Å². The second-order valence-electron chi connectivity index (χ2n) is 3.69. The molecule has 0 aliphatic heterocycles. The van der Waals surface area contributed by atoms with Crippen molar-refractivity contribution in [1.82, 2.24) is 4.98 Å². The number of fused-ring (bicyclic) bond motifs is 1. The summed E-state index contributed by atoms with van der Waals surface area (Å²) < 4.78 is 0. The third kappa shape index (κ3) is 2.29. The molecule has 1 atom stereocenters. The molecule has 1 heterocycles. The van der Waals surface area contributed by atoms with Crippen molar-refractivity contribution in [3.8, 4) is 0 Å². The monoisotopic (exact) mass is 219 g/mol. The van der Waals surface area contributed by atoms with Gasteiger partial charge in [0.05, 0.1) is 0 Å². The Morgan fingerprint density at radius 1 is 1.27 bits per heavy atom. The van der Waals surface area contributed by atoms with Gasteiger partial charge in [-0.25, -0.2) is 0 Å². The molecule has 0 fully saturated rings. The van der Waals surface area contributed by atoms with E-state index in [1.54, 1.807) is 0 Å². The zero-order valence-electron chi connectivity index (χ0n) is 8.78. The lowest BCUT2D eigenvalue weighted by Crippen LogP contribution is -2.03. The molecule has 0 aliphatic rings. The first-order chi connectivity index (χ1) is 7.31. The molecule has 2 rings (SSSR count). The summed E-state index contributed by atoms with van der Waals surface area (Å²) in [5.74, 6) is 0. The van der Waals surface area contributed by atoms with Crippen LogP contribution in [0, 0.1) is 0 Å². The van der Waals surface area contributed by atoms with Crippen molar-refractivity contribution >= 4 is 22.4 Å². The Bertz CT molecular complexity index is 448. The summed E-state index contributed by atoms with van der Waals surface area (Å²) in [6.45, 7) is 2.10. The normalized spacial score (nSPS) is 12.9. The Balaban J connectivity index is 2.42. The van der Waals surface area contributed by atoms with Crippen LogP contribution in [0.3, 0.4) is 0 Å². The molecule has 1 aromatic carbocycles. The van der Waals surface area contributed by atoms with Gasteiger partial charge in [-0.1, -0.05) is 31.2 Å². The number of alkyl halides is 1. The zero-order chi connectivity index (χ0) is 10.7. The lowest BCUT2D eigenvalue weighted by molar-refractivity contribution is 0.792. The number of benzene rings is 1. The molecule has 1 nitrogen and oxygen atoms in total. The zero-order valence-corrected chi connectivity index (χ0v) is 9.54. The average Bonchev–Trinajstić information content (AvgIpc) is 2.29. The van der Waals surface area contributed by atoms with E-state index < -0.39 is 0 Å². The van der Waals surface area contributed by atoms with E-state index in [-0.39, 0.29) is 5.38 Å². The summed E-state index contributed by atoms with van der Waals surface area (Å²) in [7, 11) is 0. The van der Waals surface area contributed by atoms with Gasteiger partial charge in [0, 0.05) is 29.1 Å². The first-order valence-electron chi connectivity index (χ1n) is 5.28. The standard InChI is InChI=1S/C13H14ClN/c1-2-11(14)9-13-12-6-4-3-5-10(12)7-8-15-13/h3-8,11H,2,9H2,1H3. The van der Waals surface area contributed by atoms with Crippen LogP contribution in [-0.4, -0.2) is 10.4 Å². The van der Waals surface area contributed by atoms with Crippen molar-refractivity contribution in [2.45, 2.75) is 25.1 Å². The maximum atomic E-state index is 6.16. The quantitative estimate of drug-likeness (QED) is 0.716. The van der Waals surface area contributed by atoms with Crippen molar-refractivity contribution in [3.05, 3.63) is 42.2 Å². The van der Waals surface area contributed by atoms with E-state index in [0.717, 1.165) is 18.5 Å². The highest BCUT2D eigenvalue weighted by atomic mass is 35.5. The molecule has 0 radical (unpaired) electrons. The lowest BCUT2D eigenvalue weighted by Gasteiger charge is -2.08. The third-order valence-corrected chi connectivity index (χ3v) is 3.08. The highest BCUT2D eigenvalue weighted by Gasteiger charge is 2.07. The third-order valence-electron chi connectivity index (χ3n) is 2.61. The van der Waals surface area contributed by atoms with E-state index in [0.29, 0.717) is 0 Å². The minimum atomic E-state index is 0.184. The van der Waals surface area contributed by atoms with Gasteiger partial charge in [0.2, 0.25) is 0 Å². The smallest absolute Gasteiger partial charge is 0.0496 e. The Hall–Kier alpha value is -1.08. The molecule has 0 spiro atoms. The molecule has 2 heteroatoms. The number of aromatic nitrogens is 1. The highest BCUT2D eigenvalue weighted by Crippen LogP contribution is 2.19. The van der Waals surface area contributed by atoms with Gasteiger partial charge in [0.25, 0.3) is 0 Å². The highest BCUT2D eigenvalue weighted by molar-refractivity contribution is 6.20. The molecule has 15 heavy (non-hydrogen) atoms. The number of halogens is 1. The van der Waals surface area contributed by atoms with Crippen molar-refractivity contribution < 1.29 is 0 Å². The maximum Gasteiger partial charge on any atom is 0.0496 e. The minimum absolute atomic E-state index is 0.184. The van der Waals surface area contributed by atoms with Gasteiger partial charge in [-0.2, -0.15) is 0 Å². The fourth-order valence-corrected chi connectivity index (χ4v) is 1.85. The largest absolute Gasteiger partial charge is 0.261 e. The predicted molar refractivity (Wildman–Crippen MR) is 65.4 cm³/mol. The van der Waals surface area contributed by atoms with E-state index >= 15 is 0 Å². The second kappa shape index (κ2) is 4.63. The summed E-state index contributed by atoms with van der Waals surface area (Å²) in [6, 6.07) is 10.3. The van der Waals surface area contributed by atoms with Gasteiger partial charge in [0.15, 0.2) is 0 Å². The lowest BCUT2D eigenvalue weighted by atomic mass is 10.1. The summed E-state index contributed by atoms with van der Waals surface area (Å²) in [5.41, 5.74) is 1.11. The molecule has 78 valence electrons. The molecule has 1 aromatic heterocycles. The van der Waals surface area contributed by atoms with Crippen LogP contribution < -0.4 is 0 Å². The summed E-state index contributed by atoms with van der Waals surface area (Å²) in [4.78, 5) is 4.41. The second-order valence-corrected chi connectivity index (χ2v) is 4.31. The average molecular weight is 220 g/mol. The van der Waals surface area contributed by atoms with E-state index in [1.165, 1.54) is 10.8 Å². The van der Waals surface area contributed by atoms with E-state index in [2.05, 4.69) is 24.0 Å². The first kappa shape index (κ1) is 10.4.